The van der Waals surface area contributed by atoms with E-state index < -0.39 is 12.7 Å². The summed E-state index contributed by atoms with van der Waals surface area (Å²) >= 11 is 0. The van der Waals surface area contributed by atoms with Crippen LogP contribution in [-0.4, -0.2) is 37.1 Å². The number of hydrogen-bond acceptors (Lipinski definition) is 5. The van der Waals surface area contributed by atoms with Crippen molar-refractivity contribution in [2.45, 2.75) is 70.6 Å². The summed E-state index contributed by atoms with van der Waals surface area (Å²) in [6, 6.07) is 46.3. The Bertz CT molecular complexity index is 1660. The lowest BCUT2D eigenvalue weighted by atomic mass is 9.63. The second-order valence-electron chi connectivity index (χ2n) is 12.8. The molecule has 0 heterocycles. The molecule has 0 saturated carbocycles. The topological polar surface area (TPSA) is 102 Å². The molecule has 0 fully saturated rings. The molecule has 0 unspecified atom stereocenters. The standard InChI is InChI=1S/C36H33BO3.2C4H11N/c38-37(39)40-26-9-1-8-25-36(33-22-10-16-27-13-2-5-19-30(27)33,34-23-11-17-28-14-3-6-20-31(28)34)35-24-12-18-29-15-4-7-21-32(29)35;2*1-2-3-4-5/h2-7,10-24,38-39H,1,8-9,25-26H2;2*2-5H2,1H3. The summed E-state index contributed by atoms with van der Waals surface area (Å²) in [4.78, 5) is 0. The highest BCUT2D eigenvalue weighted by Crippen LogP contribution is 2.50. The van der Waals surface area contributed by atoms with Crippen LogP contribution >= 0.6 is 0 Å². The van der Waals surface area contributed by atoms with Gasteiger partial charge in [0.05, 0.1) is 0 Å². The second-order valence-corrected chi connectivity index (χ2v) is 12.8. The summed E-state index contributed by atoms with van der Waals surface area (Å²) in [5, 5.41) is 25.7. The molecule has 0 aliphatic heterocycles. The first-order valence-corrected chi connectivity index (χ1v) is 18.3. The Balaban J connectivity index is 0.000000496. The smallest absolute Gasteiger partial charge is 0.402 e. The first kappa shape index (κ1) is 38.8. The predicted molar refractivity (Wildman–Crippen MR) is 214 cm³/mol. The molecule has 6 aromatic rings. The van der Waals surface area contributed by atoms with Crippen molar-refractivity contribution >= 4 is 39.6 Å². The highest BCUT2D eigenvalue weighted by molar-refractivity contribution is 6.32. The van der Waals surface area contributed by atoms with Crippen LogP contribution in [0.3, 0.4) is 0 Å². The Kier molecular flexibility index (Phi) is 16.0. The van der Waals surface area contributed by atoms with E-state index in [0.29, 0.717) is 6.61 Å². The van der Waals surface area contributed by atoms with E-state index in [2.05, 4.69) is 141 Å². The van der Waals surface area contributed by atoms with Gasteiger partial charge in [-0.25, -0.2) is 0 Å². The minimum absolute atomic E-state index is 0.321. The molecular formula is C44H55BN2O3. The third-order valence-electron chi connectivity index (χ3n) is 9.33. The zero-order chi connectivity index (χ0) is 35.6. The van der Waals surface area contributed by atoms with E-state index in [4.69, 9.17) is 26.2 Å². The zero-order valence-corrected chi connectivity index (χ0v) is 29.9. The van der Waals surface area contributed by atoms with E-state index in [0.717, 1.165) is 38.8 Å². The van der Waals surface area contributed by atoms with Crippen molar-refractivity contribution in [3.63, 3.8) is 0 Å². The highest BCUT2D eigenvalue weighted by atomic mass is 16.6. The molecule has 0 aromatic heterocycles. The Labute approximate surface area is 299 Å². The number of unbranched alkanes of at least 4 members (excludes halogenated alkanes) is 4. The van der Waals surface area contributed by atoms with Gasteiger partial charge < -0.3 is 26.2 Å². The summed E-state index contributed by atoms with van der Waals surface area (Å²) < 4.78 is 5.01. The average molecular weight is 671 g/mol. The molecule has 0 atom stereocenters. The largest absolute Gasteiger partial charge is 0.633 e. The molecule has 50 heavy (non-hydrogen) atoms. The molecule has 6 heteroatoms. The predicted octanol–water partition coefficient (Wildman–Crippen LogP) is 9.52. The summed E-state index contributed by atoms with van der Waals surface area (Å²) in [7, 11) is -1.72. The van der Waals surface area contributed by atoms with Gasteiger partial charge in [0.2, 0.25) is 0 Å². The Morgan fingerprint density at radius 1 is 0.500 bits per heavy atom. The maximum absolute atomic E-state index is 9.12. The molecule has 0 amide bonds. The van der Waals surface area contributed by atoms with Crippen LogP contribution in [0.5, 0.6) is 0 Å². The van der Waals surface area contributed by atoms with Crippen LogP contribution in [0.1, 0.15) is 81.9 Å². The summed E-state index contributed by atoms with van der Waals surface area (Å²) in [6.45, 7) is 6.27. The lowest BCUT2D eigenvalue weighted by molar-refractivity contribution is 0.181. The van der Waals surface area contributed by atoms with Crippen molar-refractivity contribution < 1.29 is 14.7 Å². The van der Waals surface area contributed by atoms with Crippen molar-refractivity contribution in [3.8, 4) is 0 Å². The zero-order valence-electron chi connectivity index (χ0n) is 29.9. The molecule has 6 aromatic carbocycles. The summed E-state index contributed by atoms with van der Waals surface area (Å²) in [5.41, 5.74) is 13.8. The highest BCUT2D eigenvalue weighted by Gasteiger charge is 2.39. The molecule has 0 bridgehead atoms. The van der Waals surface area contributed by atoms with Crippen molar-refractivity contribution in [1.82, 2.24) is 0 Å². The molecular weight excluding hydrogens is 615 g/mol. The van der Waals surface area contributed by atoms with Crippen LogP contribution in [0.25, 0.3) is 32.3 Å². The molecule has 0 saturated heterocycles. The van der Waals surface area contributed by atoms with Crippen molar-refractivity contribution in [2.24, 2.45) is 11.5 Å². The first-order valence-electron chi connectivity index (χ1n) is 18.3. The maximum Gasteiger partial charge on any atom is 0.633 e. The van der Waals surface area contributed by atoms with Crippen LogP contribution in [0.15, 0.2) is 127 Å². The summed E-state index contributed by atoms with van der Waals surface area (Å²) in [6.07, 6.45) is 8.28. The van der Waals surface area contributed by atoms with Gasteiger partial charge in [0.15, 0.2) is 0 Å². The minimum atomic E-state index is -1.72. The molecule has 6 rings (SSSR count). The average Bonchev–Trinajstić information content (AvgIpc) is 3.15. The van der Waals surface area contributed by atoms with Crippen LogP contribution in [-0.2, 0) is 10.1 Å². The fourth-order valence-corrected chi connectivity index (χ4v) is 6.90. The lowest BCUT2D eigenvalue weighted by Gasteiger charge is -2.39. The second kappa shape index (κ2) is 20.6. The Morgan fingerprint density at radius 3 is 1.22 bits per heavy atom. The number of fused-ring (bicyclic) bond motifs is 3. The van der Waals surface area contributed by atoms with E-state index in [1.54, 1.807) is 0 Å². The van der Waals surface area contributed by atoms with Crippen molar-refractivity contribution in [2.75, 3.05) is 19.7 Å². The lowest BCUT2D eigenvalue weighted by Crippen LogP contribution is -2.30. The minimum Gasteiger partial charge on any atom is -0.402 e. The van der Waals surface area contributed by atoms with Crippen LogP contribution in [0.4, 0.5) is 0 Å². The van der Waals surface area contributed by atoms with Crippen LogP contribution in [0, 0.1) is 0 Å². The molecule has 262 valence electrons. The number of rotatable bonds is 14. The monoisotopic (exact) mass is 670 g/mol. The van der Waals surface area contributed by atoms with E-state index in [-0.39, 0.29) is 0 Å². The molecule has 0 spiro atoms. The SMILES string of the molecule is CCCCN.CCCCN.OB(O)OCCCCCC(c1cccc2ccccc12)(c1cccc2ccccc12)c1cccc2ccccc12. The van der Waals surface area contributed by atoms with Crippen LogP contribution < -0.4 is 11.5 Å². The normalized spacial score (nSPS) is 11.2. The molecule has 0 aliphatic carbocycles. The fraction of sp³-hybridized carbons (Fsp3) is 0.318. The van der Waals surface area contributed by atoms with E-state index in [1.165, 1.54) is 74.7 Å². The molecule has 0 radical (unpaired) electrons. The third kappa shape index (κ3) is 9.81. The quantitative estimate of drug-likeness (QED) is 0.0525. The van der Waals surface area contributed by atoms with Gasteiger partial charge in [0, 0.05) is 12.0 Å². The van der Waals surface area contributed by atoms with E-state index in [9.17, 15) is 0 Å². The Morgan fingerprint density at radius 2 is 0.880 bits per heavy atom. The maximum atomic E-state index is 9.12. The van der Waals surface area contributed by atoms with Gasteiger partial charge in [0.25, 0.3) is 0 Å². The van der Waals surface area contributed by atoms with Crippen molar-refractivity contribution in [3.05, 3.63) is 144 Å². The molecule has 6 N–H and O–H groups in total. The van der Waals surface area contributed by atoms with Gasteiger partial charge >= 0.3 is 7.32 Å². The van der Waals surface area contributed by atoms with E-state index >= 15 is 0 Å². The molecule has 0 aliphatic rings. The molecule has 5 nitrogen and oxygen atoms in total. The fourth-order valence-electron chi connectivity index (χ4n) is 6.90. The van der Waals surface area contributed by atoms with Gasteiger partial charge in [-0.1, -0.05) is 167 Å². The summed E-state index contributed by atoms with van der Waals surface area (Å²) in [5.74, 6) is 0. The van der Waals surface area contributed by atoms with E-state index in [1.807, 2.05) is 0 Å². The van der Waals surface area contributed by atoms with Gasteiger partial charge in [0.1, 0.15) is 0 Å². The third-order valence-corrected chi connectivity index (χ3v) is 9.33. The number of hydrogen-bond donors (Lipinski definition) is 4. The van der Waals surface area contributed by atoms with Crippen LogP contribution in [0.2, 0.25) is 0 Å². The number of benzene rings is 6. The Hall–Kier alpha value is -4.04. The number of nitrogens with two attached hydrogens (primary N) is 2. The van der Waals surface area contributed by atoms with Gasteiger partial charge in [-0.3, -0.25) is 0 Å². The first-order chi connectivity index (χ1) is 24.5. The van der Waals surface area contributed by atoms with Crippen molar-refractivity contribution in [1.29, 1.82) is 0 Å². The van der Waals surface area contributed by atoms with Gasteiger partial charge in [-0.05, 0) is 87.8 Å². The van der Waals surface area contributed by atoms with Gasteiger partial charge in [-0.2, -0.15) is 0 Å². The van der Waals surface area contributed by atoms with Gasteiger partial charge in [-0.15, -0.1) is 0 Å².